The van der Waals surface area contributed by atoms with Crippen LogP contribution in [0.25, 0.3) is 0 Å². The van der Waals surface area contributed by atoms with Crippen molar-refractivity contribution in [1.29, 1.82) is 0 Å². The minimum atomic E-state index is -0.427. The Morgan fingerprint density at radius 1 is 0.793 bits per heavy atom. The molecule has 0 unspecified atom stereocenters. The third-order valence-electron chi connectivity index (χ3n) is 4.30. The van der Waals surface area contributed by atoms with Gasteiger partial charge in [0.15, 0.2) is 0 Å². The first kappa shape index (κ1) is 25.2. The summed E-state index contributed by atoms with van der Waals surface area (Å²) in [5.41, 5.74) is -0.427. The first-order valence-corrected chi connectivity index (χ1v) is 11.1. The maximum atomic E-state index is 11.8. The van der Waals surface area contributed by atoms with Crippen LogP contribution in [0.5, 0.6) is 0 Å². The van der Waals surface area contributed by atoms with Gasteiger partial charge in [-0.3, -0.25) is 10.0 Å². The SMILES string of the molecule is CC(C)/C=N/N1CCCCC1.CC(C)/C=N/N1CCN(C(=O)OC(C)(C)C)CC1. The molecule has 0 aliphatic carbocycles. The lowest BCUT2D eigenvalue weighted by atomic mass is 10.2. The van der Waals surface area contributed by atoms with Crippen molar-refractivity contribution in [2.45, 2.75) is 73.3 Å². The largest absolute Gasteiger partial charge is 0.444 e. The Morgan fingerprint density at radius 2 is 1.24 bits per heavy atom. The third-order valence-corrected chi connectivity index (χ3v) is 4.30. The zero-order chi connectivity index (χ0) is 21.9. The molecule has 2 saturated heterocycles. The van der Waals surface area contributed by atoms with Gasteiger partial charge in [0.05, 0.1) is 13.1 Å². The van der Waals surface area contributed by atoms with Crippen LogP contribution < -0.4 is 0 Å². The van der Waals surface area contributed by atoms with E-state index in [0.717, 1.165) is 26.2 Å². The van der Waals surface area contributed by atoms with Crippen LogP contribution in [0, 0.1) is 11.8 Å². The minimum Gasteiger partial charge on any atom is -0.444 e. The number of piperidine rings is 1. The molecule has 0 N–H and O–H groups in total. The van der Waals surface area contributed by atoms with Crippen LogP contribution in [0.2, 0.25) is 0 Å². The summed E-state index contributed by atoms with van der Waals surface area (Å²) in [4.78, 5) is 13.6. The maximum Gasteiger partial charge on any atom is 0.410 e. The molecule has 7 heteroatoms. The molecular formula is C22H43N5O2. The molecular weight excluding hydrogens is 366 g/mol. The molecule has 0 aromatic rings. The van der Waals surface area contributed by atoms with Crippen LogP contribution in [0.15, 0.2) is 10.2 Å². The molecule has 2 heterocycles. The second kappa shape index (κ2) is 12.7. The highest BCUT2D eigenvalue weighted by Crippen LogP contribution is 2.12. The van der Waals surface area contributed by atoms with Crippen LogP contribution in [0.3, 0.4) is 0 Å². The first-order valence-electron chi connectivity index (χ1n) is 11.1. The summed E-state index contributed by atoms with van der Waals surface area (Å²) in [6.07, 6.45) is 7.75. The molecule has 0 spiro atoms. The predicted octanol–water partition coefficient (Wildman–Crippen LogP) is 4.30. The van der Waals surface area contributed by atoms with Crippen molar-refractivity contribution in [3.05, 3.63) is 0 Å². The van der Waals surface area contributed by atoms with Crippen LogP contribution in [-0.4, -0.2) is 78.3 Å². The van der Waals surface area contributed by atoms with Crippen molar-refractivity contribution in [1.82, 2.24) is 14.9 Å². The molecule has 0 saturated carbocycles. The fourth-order valence-corrected chi connectivity index (χ4v) is 2.77. The van der Waals surface area contributed by atoms with Gasteiger partial charge in [-0.05, 0) is 51.9 Å². The van der Waals surface area contributed by atoms with E-state index < -0.39 is 5.60 Å². The van der Waals surface area contributed by atoms with Gasteiger partial charge in [-0.15, -0.1) is 0 Å². The Balaban J connectivity index is 0.000000326. The summed E-state index contributed by atoms with van der Waals surface area (Å²) in [5.74, 6) is 1.03. The van der Waals surface area contributed by atoms with Gasteiger partial charge < -0.3 is 9.64 Å². The molecule has 2 fully saturated rings. The lowest BCUT2D eigenvalue weighted by Crippen LogP contribution is -2.48. The lowest BCUT2D eigenvalue weighted by molar-refractivity contribution is 0.0148. The number of hydrogen-bond donors (Lipinski definition) is 0. The molecule has 1 amide bonds. The van der Waals surface area contributed by atoms with E-state index in [1.165, 1.54) is 19.3 Å². The average molecular weight is 410 g/mol. The van der Waals surface area contributed by atoms with E-state index in [9.17, 15) is 4.79 Å². The number of nitrogens with zero attached hydrogens (tertiary/aromatic N) is 5. The average Bonchev–Trinajstić information content (AvgIpc) is 2.65. The van der Waals surface area contributed by atoms with Gasteiger partial charge in [0.1, 0.15) is 5.60 Å². The number of carbonyl (C=O) groups excluding carboxylic acids is 1. The molecule has 2 rings (SSSR count). The van der Waals surface area contributed by atoms with E-state index in [4.69, 9.17) is 4.74 Å². The van der Waals surface area contributed by atoms with E-state index in [0.29, 0.717) is 24.9 Å². The highest BCUT2D eigenvalue weighted by molar-refractivity contribution is 5.68. The van der Waals surface area contributed by atoms with E-state index in [-0.39, 0.29) is 6.09 Å². The van der Waals surface area contributed by atoms with Crippen LogP contribution in [-0.2, 0) is 4.74 Å². The van der Waals surface area contributed by atoms with Crippen LogP contribution in [0.4, 0.5) is 4.79 Å². The van der Waals surface area contributed by atoms with Crippen molar-refractivity contribution in [3.63, 3.8) is 0 Å². The molecule has 0 bridgehead atoms. The molecule has 7 nitrogen and oxygen atoms in total. The number of amides is 1. The number of ether oxygens (including phenoxy) is 1. The molecule has 0 aromatic carbocycles. The van der Waals surface area contributed by atoms with Gasteiger partial charge in [0.2, 0.25) is 0 Å². The summed E-state index contributed by atoms with van der Waals surface area (Å²) in [6.45, 7) is 19.4. The summed E-state index contributed by atoms with van der Waals surface area (Å²) >= 11 is 0. The van der Waals surface area contributed by atoms with Crippen molar-refractivity contribution in [3.8, 4) is 0 Å². The Labute approximate surface area is 178 Å². The normalized spacial score (nSPS) is 18.6. The number of carbonyl (C=O) groups is 1. The Morgan fingerprint density at radius 3 is 1.66 bits per heavy atom. The zero-order valence-electron chi connectivity index (χ0n) is 19.7. The second-order valence-electron chi connectivity index (χ2n) is 9.45. The zero-order valence-corrected chi connectivity index (χ0v) is 19.7. The fourth-order valence-electron chi connectivity index (χ4n) is 2.77. The van der Waals surface area contributed by atoms with E-state index in [1.54, 1.807) is 4.90 Å². The Hall–Kier alpha value is -1.79. The summed E-state index contributed by atoms with van der Waals surface area (Å²) < 4.78 is 5.34. The maximum absolute atomic E-state index is 11.8. The van der Waals surface area contributed by atoms with E-state index in [1.807, 2.05) is 38.2 Å². The van der Waals surface area contributed by atoms with E-state index >= 15 is 0 Å². The van der Waals surface area contributed by atoms with Crippen LogP contribution in [0.1, 0.15) is 67.7 Å². The molecule has 2 aliphatic heterocycles. The topological polar surface area (TPSA) is 60.7 Å². The van der Waals surface area contributed by atoms with Crippen molar-refractivity contribution in [2.24, 2.45) is 22.0 Å². The third kappa shape index (κ3) is 12.4. The monoisotopic (exact) mass is 409 g/mol. The molecule has 2 aliphatic rings. The van der Waals surface area contributed by atoms with Gasteiger partial charge >= 0.3 is 6.09 Å². The summed E-state index contributed by atoms with van der Waals surface area (Å²) in [6, 6.07) is 0. The number of piperazine rings is 1. The number of hydrazone groups is 2. The lowest BCUT2D eigenvalue weighted by Gasteiger charge is -2.34. The molecule has 0 aromatic heterocycles. The van der Waals surface area contributed by atoms with Gasteiger partial charge in [-0.1, -0.05) is 27.7 Å². The Bertz CT molecular complexity index is 512. The highest BCUT2D eigenvalue weighted by atomic mass is 16.6. The minimum absolute atomic E-state index is 0.227. The highest BCUT2D eigenvalue weighted by Gasteiger charge is 2.25. The van der Waals surface area contributed by atoms with Gasteiger partial charge in [0.25, 0.3) is 0 Å². The predicted molar refractivity (Wildman–Crippen MR) is 121 cm³/mol. The quantitative estimate of drug-likeness (QED) is 0.650. The number of hydrogen-bond acceptors (Lipinski definition) is 6. The molecule has 0 atom stereocenters. The van der Waals surface area contributed by atoms with Gasteiger partial charge in [-0.25, -0.2) is 4.79 Å². The van der Waals surface area contributed by atoms with Crippen molar-refractivity contribution < 1.29 is 9.53 Å². The Kier molecular flexibility index (Phi) is 11.1. The molecule has 29 heavy (non-hydrogen) atoms. The van der Waals surface area contributed by atoms with E-state index in [2.05, 4.69) is 42.9 Å². The summed E-state index contributed by atoms with van der Waals surface area (Å²) in [7, 11) is 0. The molecule has 0 radical (unpaired) electrons. The first-order chi connectivity index (χ1) is 13.6. The van der Waals surface area contributed by atoms with Crippen molar-refractivity contribution in [2.75, 3.05) is 39.3 Å². The van der Waals surface area contributed by atoms with Gasteiger partial charge in [-0.2, -0.15) is 10.2 Å². The smallest absolute Gasteiger partial charge is 0.410 e. The summed E-state index contributed by atoms with van der Waals surface area (Å²) in [5, 5.41) is 13.0. The number of rotatable bonds is 4. The fraction of sp³-hybridized carbons (Fsp3) is 0.864. The standard InChI is InChI=1S/C13H25N3O2.C9H18N2/c1-11(2)10-14-16-8-6-15(7-9-16)12(17)18-13(3,4)5;1-9(2)8-10-11-6-4-3-5-7-11/h10-11H,6-9H2,1-5H3;8-9H,3-7H2,1-2H3/b14-10+;10-8+. The second-order valence-corrected chi connectivity index (χ2v) is 9.45. The van der Waals surface area contributed by atoms with Crippen LogP contribution >= 0.6 is 0 Å². The molecule has 168 valence electrons. The van der Waals surface area contributed by atoms with Gasteiger partial charge in [0, 0.05) is 38.6 Å². The van der Waals surface area contributed by atoms with Crippen molar-refractivity contribution >= 4 is 18.5 Å².